The van der Waals surface area contributed by atoms with E-state index in [-0.39, 0.29) is 11.5 Å². The summed E-state index contributed by atoms with van der Waals surface area (Å²) in [5.41, 5.74) is 0.858. The van der Waals surface area contributed by atoms with Gasteiger partial charge in [0.25, 0.3) is 0 Å². The Morgan fingerprint density at radius 1 is 1.23 bits per heavy atom. The van der Waals surface area contributed by atoms with Crippen LogP contribution < -0.4 is 14.8 Å². The molecule has 0 bridgehead atoms. The van der Waals surface area contributed by atoms with E-state index in [1.54, 1.807) is 19.2 Å². The van der Waals surface area contributed by atoms with Gasteiger partial charge in [-0.2, -0.15) is 13.2 Å². The number of aliphatic imine (C=N–C) groups is 1. The predicted octanol–water partition coefficient (Wildman–Crippen LogP) is 2.12. The monoisotopic (exact) mass is 430 g/mol. The van der Waals surface area contributed by atoms with Crippen molar-refractivity contribution in [2.24, 2.45) is 4.99 Å². The van der Waals surface area contributed by atoms with E-state index in [1.807, 2.05) is 0 Å². The molecule has 0 saturated carbocycles. The van der Waals surface area contributed by atoms with E-state index in [1.165, 1.54) is 13.2 Å². The van der Waals surface area contributed by atoms with Gasteiger partial charge < -0.3 is 24.4 Å². The molecule has 0 aromatic heterocycles. The summed E-state index contributed by atoms with van der Waals surface area (Å²) in [5.74, 6) is 1.14. The fourth-order valence-electron chi connectivity index (χ4n) is 3.79. The van der Waals surface area contributed by atoms with E-state index in [4.69, 9.17) is 14.2 Å². The summed E-state index contributed by atoms with van der Waals surface area (Å²) in [4.78, 5) is 9.10. The number of nitrogens with one attached hydrogen (secondary N) is 1. The molecule has 10 heteroatoms. The van der Waals surface area contributed by atoms with Gasteiger partial charge in [0.1, 0.15) is 0 Å². The molecule has 1 atom stereocenters. The first-order valence-electron chi connectivity index (χ1n) is 10.0. The van der Waals surface area contributed by atoms with Crippen molar-refractivity contribution >= 4 is 5.96 Å². The maximum atomic E-state index is 12.4. The minimum atomic E-state index is -4.40. The van der Waals surface area contributed by atoms with Crippen LogP contribution in [0.5, 0.6) is 11.5 Å². The molecule has 0 radical (unpaired) electrons. The van der Waals surface area contributed by atoms with Crippen molar-refractivity contribution < 1.29 is 27.4 Å². The van der Waals surface area contributed by atoms with Crippen LogP contribution in [0.2, 0.25) is 0 Å². The topological polar surface area (TPSA) is 58.6 Å². The van der Waals surface area contributed by atoms with Gasteiger partial charge in [0, 0.05) is 45.8 Å². The van der Waals surface area contributed by atoms with Crippen molar-refractivity contribution in [3.63, 3.8) is 0 Å². The summed E-state index contributed by atoms with van der Waals surface area (Å²) < 4.78 is 52.6. The quantitative estimate of drug-likeness (QED) is 0.551. The molecular formula is C20H29F3N4O3. The minimum Gasteiger partial charge on any atom is -0.493 e. The van der Waals surface area contributed by atoms with Crippen molar-refractivity contribution in [3.8, 4) is 11.5 Å². The van der Waals surface area contributed by atoms with Crippen LogP contribution in [0.1, 0.15) is 12.0 Å². The zero-order chi connectivity index (χ0) is 21.6. The number of morpholine rings is 1. The molecule has 3 rings (SSSR count). The maximum Gasteiger partial charge on any atom is 0.422 e. The number of ether oxygens (including phenoxy) is 3. The molecule has 1 aromatic carbocycles. The molecule has 1 aromatic rings. The molecular weight excluding hydrogens is 401 g/mol. The fourth-order valence-corrected chi connectivity index (χ4v) is 3.79. The van der Waals surface area contributed by atoms with Crippen molar-refractivity contribution in [2.45, 2.75) is 25.2 Å². The van der Waals surface area contributed by atoms with E-state index < -0.39 is 12.8 Å². The molecule has 7 nitrogen and oxygen atoms in total. The number of rotatable bonds is 6. The Bertz CT molecular complexity index is 724. The van der Waals surface area contributed by atoms with Crippen LogP contribution in [0.15, 0.2) is 23.2 Å². The molecule has 2 saturated heterocycles. The second kappa shape index (κ2) is 10.2. The highest BCUT2D eigenvalue weighted by atomic mass is 19.4. The number of likely N-dealkylation sites (tertiary alicyclic amines) is 1. The SMILES string of the molecule is CN=C(NCc1ccc(OCC(F)(F)F)c(OC)c1)N1CCC(N2CCOCC2)C1. The number of nitrogens with zero attached hydrogens (tertiary/aromatic N) is 3. The van der Waals surface area contributed by atoms with Gasteiger partial charge in [-0.05, 0) is 24.1 Å². The summed E-state index contributed by atoms with van der Waals surface area (Å²) in [6, 6.07) is 5.38. The van der Waals surface area contributed by atoms with Crippen molar-refractivity contribution in [1.29, 1.82) is 0 Å². The third-order valence-corrected chi connectivity index (χ3v) is 5.31. The molecule has 168 valence electrons. The first-order valence-corrected chi connectivity index (χ1v) is 10.0. The Labute approximate surface area is 174 Å². The predicted molar refractivity (Wildman–Crippen MR) is 107 cm³/mol. The fraction of sp³-hybridized carbons (Fsp3) is 0.650. The second-order valence-electron chi connectivity index (χ2n) is 7.33. The van der Waals surface area contributed by atoms with E-state index in [0.717, 1.165) is 57.3 Å². The average Bonchev–Trinajstić information content (AvgIpc) is 3.23. The van der Waals surface area contributed by atoms with E-state index >= 15 is 0 Å². The third-order valence-electron chi connectivity index (χ3n) is 5.31. The number of hydrogen-bond acceptors (Lipinski definition) is 5. The molecule has 2 aliphatic rings. The van der Waals surface area contributed by atoms with Gasteiger partial charge in [-0.1, -0.05) is 6.07 Å². The highest BCUT2D eigenvalue weighted by molar-refractivity contribution is 5.80. The first kappa shape index (κ1) is 22.5. The van der Waals surface area contributed by atoms with Crippen molar-refractivity contribution in [2.75, 3.05) is 60.2 Å². The first-order chi connectivity index (χ1) is 14.4. The normalized spacial score (nSPS) is 21.0. The Morgan fingerprint density at radius 3 is 2.67 bits per heavy atom. The standard InChI is InChI=1S/C20H29F3N4O3/c1-24-19(27-6-5-16(13-27)26-7-9-29-10-8-26)25-12-15-3-4-17(18(11-15)28-2)30-14-20(21,22)23/h3-4,11,16H,5-10,12-14H2,1-2H3,(H,24,25). The molecule has 2 aliphatic heterocycles. The van der Waals surface area contributed by atoms with Crippen LogP contribution in [0.3, 0.4) is 0 Å². The molecule has 1 N–H and O–H groups in total. The van der Waals surface area contributed by atoms with Gasteiger partial charge in [-0.3, -0.25) is 9.89 Å². The zero-order valence-electron chi connectivity index (χ0n) is 17.4. The number of methoxy groups -OCH3 is 1. The zero-order valence-corrected chi connectivity index (χ0v) is 17.4. The average molecular weight is 430 g/mol. The van der Waals surface area contributed by atoms with Crippen molar-refractivity contribution in [3.05, 3.63) is 23.8 Å². The van der Waals surface area contributed by atoms with Gasteiger partial charge in [0.05, 0.1) is 20.3 Å². The van der Waals surface area contributed by atoms with Crippen LogP contribution in [-0.2, 0) is 11.3 Å². The van der Waals surface area contributed by atoms with Gasteiger partial charge in [0.15, 0.2) is 24.1 Å². The Morgan fingerprint density at radius 2 is 2.00 bits per heavy atom. The molecule has 0 amide bonds. The lowest BCUT2D eigenvalue weighted by atomic mass is 10.2. The summed E-state index contributed by atoms with van der Waals surface area (Å²) in [6.07, 6.45) is -3.31. The summed E-state index contributed by atoms with van der Waals surface area (Å²) in [5, 5.41) is 3.33. The molecule has 1 unspecified atom stereocenters. The Balaban J connectivity index is 1.54. The molecule has 0 spiro atoms. The van der Waals surface area contributed by atoms with Crippen LogP contribution in [0.25, 0.3) is 0 Å². The van der Waals surface area contributed by atoms with Crippen molar-refractivity contribution in [1.82, 2.24) is 15.1 Å². The number of halogens is 3. The number of alkyl halides is 3. The van der Waals surface area contributed by atoms with Gasteiger partial charge in [0.2, 0.25) is 0 Å². The highest BCUT2D eigenvalue weighted by Gasteiger charge is 2.30. The minimum absolute atomic E-state index is 0.0656. The van der Waals surface area contributed by atoms with E-state index in [9.17, 15) is 13.2 Å². The van der Waals surface area contributed by atoms with E-state index in [0.29, 0.717) is 12.6 Å². The highest BCUT2D eigenvalue weighted by Crippen LogP contribution is 2.29. The summed E-state index contributed by atoms with van der Waals surface area (Å²) >= 11 is 0. The van der Waals surface area contributed by atoms with E-state index in [2.05, 4.69) is 20.1 Å². The molecule has 30 heavy (non-hydrogen) atoms. The number of guanidine groups is 1. The maximum absolute atomic E-state index is 12.4. The van der Waals surface area contributed by atoms with Crippen LogP contribution in [0, 0.1) is 0 Å². The number of hydrogen-bond donors (Lipinski definition) is 1. The summed E-state index contributed by atoms with van der Waals surface area (Å²) in [6.45, 7) is 4.46. The lowest BCUT2D eigenvalue weighted by Gasteiger charge is -2.32. The van der Waals surface area contributed by atoms with Gasteiger partial charge in [-0.15, -0.1) is 0 Å². The molecule has 2 heterocycles. The van der Waals surface area contributed by atoms with Crippen LogP contribution in [-0.4, -0.2) is 88.1 Å². The van der Waals surface area contributed by atoms with Crippen LogP contribution in [0.4, 0.5) is 13.2 Å². The lowest BCUT2D eigenvalue weighted by Crippen LogP contribution is -2.46. The third kappa shape index (κ3) is 6.15. The lowest BCUT2D eigenvalue weighted by molar-refractivity contribution is -0.153. The molecule has 0 aliphatic carbocycles. The largest absolute Gasteiger partial charge is 0.493 e. The van der Waals surface area contributed by atoms with Gasteiger partial charge in [-0.25, -0.2) is 0 Å². The van der Waals surface area contributed by atoms with Crippen LogP contribution >= 0.6 is 0 Å². The number of benzene rings is 1. The Hall–Kier alpha value is -2.20. The smallest absolute Gasteiger partial charge is 0.422 e. The summed E-state index contributed by atoms with van der Waals surface area (Å²) in [7, 11) is 3.15. The molecule has 2 fully saturated rings. The van der Waals surface area contributed by atoms with Gasteiger partial charge >= 0.3 is 6.18 Å². The second-order valence-corrected chi connectivity index (χ2v) is 7.33. The Kier molecular flexibility index (Phi) is 7.65.